The van der Waals surface area contributed by atoms with Crippen LogP contribution in [0.5, 0.6) is 0 Å². The lowest BCUT2D eigenvalue weighted by molar-refractivity contribution is -0.129. The molecule has 0 bridgehead atoms. The van der Waals surface area contributed by atoms with Gasteiger partial charge < -0.3 is 10.5 Å². The first-order valence-electron chi connectivity index (χ1n) is 4.19. The average molecular weight is 172 g/mol. The molecule has 0 amide bonds. The molecule has 0 aliphatic rings. The molecule has 12 heavy (non-hydrogen) atoms. The monoisotopic (exact) mass is 172 g/mol. The van der Waals surface area contributed by atoms with Crippen LogP contribution in [0.15, 0.2) is 5.10 Å². The van der Waals surface area contributed by atoms with Crippen LogP contribution in [0.1, 0.15) is 33.1 Å². The van der Waals surface area contributed by atoms with Crippen molar-refractivity contribution in [2.45, 2.75) is 33.1 Å². The van der Waals surface area contributed by atoms with Crippen molar-refractivity contribution in [3.8, 4) is 0 Å². The third kappa shape index (κ3) is 5.70. The minimum atomic E-state index is -0.974. The Labute approximate surface area is 72.7 Å². The van der Waals surface area contributed by atoms with Gasteiger partial charge in [-0.2, -0.15) is 5.10 Å². The summed E-state index contributed by atoms with van der Waals surface area (Å²) in [7, 11) is 0. The third-order valence-corrected chi connectivity index (χ3v) is 1.45. The topological polar surface area (TPSA) is 61.7 Å². The molecule has 0 aliphatic heterocycles. The Morgan fingerprint density at radius 3 is 2.67 bits per heavy atom. The zero-order valence-corrected chi connectivity index (χ0v) is 7.63. The van der Waals surface area contributed by atoms with Crippen LogP contribution in [0.2, 0.25) is 0 Å². The lowest BCUT2D eigenvalue weighted by Gasteiger charge is -1.99. The van der Waals surface area contributed by atoms with Crippen molar-refractivity contribution in [2.24, 2.45) is 5.10 Å². The number of carbonyl (C=O) groups is 1. The van der Waals surface area contributed by atoms with Gasteiger partial charge in [0.1, 0.15) is 5.71 Å². The number of unbranched alkanes of at least 4 members (excludes halogenated alkanes) is 2. The predicted octanol–water partition coefficient (Wildman–Crippen LogP) is 1.23. The number of hydrazone groups is 1. The molecule has 0 rings (SSSR count). The molecule has 0 radical (unpaired) electrons. The van der Waals surface area contributed by atoms with Crippen molar-refractivity contribution < 1.29 is 9.90 Å². The van der Waals surface area contributed by atoms with E-state index in [0.717, 1.165) is 25.8 Å². The largest absolute Gasteiger partial charge is 0.477 e. The van der Waals surface area contributed by atoms with Gasteiger partial charge >= 0.3 is 5.97 Å². The van der Waals surface area contributed by atoms with Crippen molar-refractivity contribution in [3.63, 3.8) is 0 Å². The van der Waals surface area contributed by atoms with E-state index in [0.29, 0.717) is 0 Å². The van der Waals surface area contributed by atoms with Crippen LogP contribution in [-0.4, -0.2) is 23.3 Å². The van der Waals surface area contributed by atoms with E-state index < -0.39 is 5.97 Å². The summed E-state index contributed by atoms with van der Waals surface area (Å²) in [4.78, 5) is 10.2. The van der Waals surface area contributed by atoms with Gasteiger partial charge in [0.2, 0.25) is 0 Å². The number of nitrogens with zero attached hydrogens (tertiary/aromatic N) is 1. The number of carboxylic acids is 1. The minimum absolute atomic E-state index is 0.103. The highest BCUT2D eigenvalue weighted by atomic mass is 16.4. The normalized spacial score (nSPS) is 11.3. The van der Waals surface area contributed by atoms with Crippen molar-refractivity contribution >= 4 is 11.7 Å². The van der Waals surface area contributed by atoms with Crippen molar-refractivity contribution in [1.82, 2.24) is 5.43 Å². The third-order valence-electron chi connectivity index (χ3n) is 1.45. The summed E-state index contributed by atoms with van der Waals surface area (Å²) in [6.45, 7) is 4.33. The fourth-order valence-corrected chi connectivity index (χ4v) is 0.676. The second-order valence-electron chi connectivity index (χ2n) is 2.62. The van der Waals surface area contributed by atoms with E-state index in [2.05, 4.69) is 17.5 Å². The first-order valence-corrected chi connectivity index (χ1v) is 4.19. The molecule has 0 aromatic rings. The molecule has 4 heteroatoms. The Hall–Kier alpha value is -1.06. The first kappa shape index (κ1) is 10.9. The van der Waals surface area contributed by atoms with Gasteiger partial charge in [-0.05, 0) is 13.3 Å². The Bertz CT molecular complexity index is 166. The van der Waals surface area contributed by atoms with Crippen molar-refractivity contribution in [1.29, 1.82) is 0 Å². The van der Waals surface area contributed by atoms with Gasteiger partial charge in [0, 0.05) is 6.54 Å². The highest BCUT2D eigenvalue weighted by Gasteiger charge is 1.99. The molecule has 0 spiro atoms. The maximum absolute atomic E-state index is 10.2. The Morgan fingerprint density at radius 1 is 1.50 bits per heavy atom. The predicted molar refractivity (Wildman–Crippen MR) is 48.3 cm³/mol. The molecular formula is C8H16N2O2. The molecule has 0 fully saturated rings. The summed E-state index contributed by atoms with van der Waals surface area (Å²) in [5, 5.41) is 12.1. The van der Waals surface area contributed by atoms with E-state index in [4.69, 9.17) is 5.11 Å². The smallest absolute Gasteiger partial charge is 0.351 e. The number of nitrogens with one attached hydrogen (secondary N) is 1. The standard InChI is InChI=1S/C8H16N2O2/c1-3-4-5-6-9-10-7(2)8(11)12/h9H,3-6H2,1-2H3,(H,11,12)/b10-7+. The number of aliphatic carboxylic acids is 1. The highest BCUT2D eigenvalue weighted by molar-refractivity contribution is 6.34. The summed E-state index contributed by atoms with van der Waals surface area (Å²) in [5.74, 6) is -0.974. The van der Waals surface area contributed by atoms with Gasteiger partial charge in [-0.3, -0.25) is 0 Å². The van der Waals surface area contributed by atoms with Crippen molar-refractivity contribution in [2.75, 3.05) is 6.54 Å². The van der Waals surface area contributed by atoms with Gasteiger partial charge in [-0.1, -0.05) is 19.8 Å². The van der Waals surface area contributed by atoms with E-state index >= 15 is 0 Å². The number of hydrogen-bond donors (Lipinski definition) is 2. The van der Waals surface area contributed by atoms with E-state index in [9.17, 15) is 4.79 Å². The van der Waals surface area contributed by atoms with Crippen LogP contribution < -0.4 is 5.43 Å². The fraction of sp³-hybridized carbons (Fsp3) is 0.750. The quantitative estimate of drug-likeness (QED) is 0.360. The lowest BCUT2D eigenvalue weighted by atomic mass is 10.2. The van der Waals surface area contributed by atoms with Gasteiger partial charge in [0.15, 0.2) is 0 Å². The van der Waals surface area contributed by atoms with Crippen molar-refractivity contribution in [3.05, 3.63) is 0 Å². The van der Waals surface area contributed by atoms with Gasteiger partial charge in [0.05, 0.1) is 0 Å². The molecule has 4 nitrogen and oxygen atoms in total. The number of hydrogen-bond acceptors (Lipinski definition) is 3. The summed E-state index contributed by atoms with van der Waals surface area (Å²) in [6, 6.07) is 0. The second kappa shape index (κ2) is 6.64. The second-order valence-corrected chi connectivity index (χ2v) is 2.62. The lowest BCUT2D eigenvalue weighted by Crippen LogP contribution is -2.15. The van der Waals surface area contributed by atoms with Gasteiger partial charge in [-0.25, -0.2) is 4.79 Å². The molecule has 2 N–H and O–H groups in total. The summed E-state index contributed by atoms with van der Waals surface area (Å²) in [5.41, 5.74) is 2.81. The van der Waals surface area contributed by atoms with E-state index in [1.807, 2.05) is 0 Å². The molecule has 0 unspecified atom stereocenters. The number of rotatable bonds is 6. The molecule has 70 valence electrons. The summed E-state index contributed by atoms with van der Waals surface area (Å²) < 4.78 is 0. The Balaban J connectivity index is 3.40. The van der Waals surface area contributed by atoms with Gasteiger partial charge in [0.25, 0.3) is 0 Å². The van der Waals surface area contributed by atoms with E-state index in [1.54, 1.807) is 0 Å². The zero-order valence-electron chi connectivity index (χ0n) is 7.63. The van der Waals surface area contributed by atoms with Crippen LogP contribution in [0, 0.1) is 0 Å². The van der Waals surface area contributed by atoms with Crippen LogP contribution >= 0.6 is 0 Å². The van der Waals surface area contributed by atoms with E-state index in [1.165, 1.54) is 6.92 Å². The number of carboxylic acid groups (broad SMARTS) is 1. The van der Waals surface area contributed by atoms with Crippen LogP contribution in [0.4, 0.5) is 0 Å². The van der Waals surface area contributed by atoms with Crippen LogP contribution in [-0.2, 0) is 4.79 Å². The Morgan fingerprint density at radius 2 is 2.17 bits per heavy atom. The zero-order chi connectivity index (χ0) is 9.40. The molecule has 0 atom stereocenters. The summed E-state index contributed by atoms with van der Waals surface area (Å²) in [6.07, 6.45) is 3.34. The molecule has 0 saturated carbocycles. The molecule has 0 saturated heterocycles. The molecular weight excluding hydrogens is 156 g/mol. The van der Waals surface area contributed by atoms with Gasteiger partial charge in [-0.15, -0.1) is 0 Å². The average Bonchev–Trinajstić information content (AvgIpc) is 2.03. The minimum Gasteiger partial charge on any atom is -0.477 e. The Kier molecular flexibility index (Phi) is 6.05. The van der Waals surface area contributed by atoms with Crippen LogP contribution in [0.25, 0.3) is 0 Å². The van der Waals surface area contributed by atoms with E-state index in [-0.39, 0.29) is 5.71 Å². The molecule has 0 aromatic carbocycles. The maximum atomic E-state index is 10.2. The maximum Gasteiger partial charge on any atom is 0.351 e. The van der Waals surface area contributed by atoms with Crippen LogP contribution in [0.3, 0.4) is 0 Å². The highest BCUT2D eigenvalue weighted by Crippen LogP contribution is 1.90. The molecule has 0 heterocycles. The molecule has 0 aromatic heterocycles. The molecule has 0 aliphatic carbocycles. The SMILES string of the molecule is CCCCCN/N=C(\C)C(=O)O. The summed E-state index contributed by atoms with van der Waals surface area (Å²) >= 11 is 0. The first-order chi connectivity index (χ1) is 5.68. The fourth-order valence-electron chi connectivity index (χ4n) is 0.676.